The van der Waals surface area contributed by atoms with Crippen LogP contribution < -0.4 is 15.2 Å². The van der Waals surface area contributed by atoms with Crippen molar-refractivity contribution in [1.82, 2.24) is 10.2 Å². The van der Waals surface area contributed by atoms with Crippen molar-refractivity contribution in [1.29, 1.82) is 0 Å². The Morgan fingerprint density at radius 3 is 2.54 bits per heavy atom. The molecule has 0 unspecified atom stereocenters. The Morgan fingerprint density at radius 1 is 1.23 bits per heavy atom. The molecule has 0 amide bonds. The second-order valence-corrected chi connectivity index (χ2v) is 2.30. The third kappa shape index (κ3) is 2.47. The highest BCUT2D eigenvalue weighted by atomic mass is 16.5. The fourth-order valence-corrected chi connectivity index (χ4v) is 0.873. The summed E-state index contributed by atoms with van der Waals surface area (Å²) < 4.78 is 10.5. The van der Waals surface area contributed by atoms with Crippen molar-refractivity contribution in [2.75, 3.05) is 18.9 Å². The van der Waals surface area contributed by atoms with E-state index in [1.165, 1.54) is 0 Å². The fraction of sp³-hybridized carbons (Fsp3) is 0.500. The second-order valence-electron chi connectivity index (χ2n) is 2.30. The van der Waals surface area contributed by atoms with Crippen molar-refractivity contribution >= 4 is 5.82 Å². The van der Waals surface area contributed by atoms with E-state index in [1.54, 1.807) is 6.07 Å². The minimum atomic E-state index is 0.326. The van der Waals surface area contributed by atoms with Gasteiger partial charge in [0.2, 0.25) is 0 Å². The molecule has 72 valence electrons. The summed E-state index contributed by atoms with van der Waals surface area (Å²) in [6.07, 6.45) is 0. The number of rotatable bonds is 4. The van der Waals surface area contributed by atoms with Crippen LogP contribution in [0.3, 0.4) is 0 Å². The first kappa shape index (κ1) is 9.57. The molecule has 0 bridgehead atoms. The van der Waals surface area contributed by atoms with E-state index in [1.807, 2.05) is 13.8 Å². The molecule has 0 radical (unpaired) electrons. The average Bonchev–Trinajstić information content (AvgIpc) is 2.10. The van der Waals surface area contributed by atoms with Crippen LogP contribution in [0.4, 0.5) is 5.82 Å². The van der Waals surface area contributed by atoms with Gasteiger partial charge in [-0.3, -0.25) is 0 Å². The number of nitrogen functional groups attached to an aromatic ring is 1. The molecule has 0 fully saturated rings. The van der Waals surface area contributed by atoms with Gasteiger partial charge in [-0.2, -0.15) is 0 Å². The van der Waals surface area contributed by atoms with Gasteiger partial charge in [0.05, 0.1) is 13.2 Å². The summed E-state index contributed by atoms with van der Waals surface area (Å²) in [5, 5.41) is 7.43. The molecule has 1 aromatic rings. The third-order valence-corrected chi connectivity index (χ3v) is 1.33. The van der Waals surface area contributed by atoms with Crippen molar-refractivity contribution in [2.45, 2.75) is 13.8 Å². The Kier molecular flexibility index (Phi) is 3.31. The van der Waals surface area contributed by atoms with E-state index in [9.17, 15) is 0 Å². The molecule has 5 nitrogen and oxygen atoms in total. The highest BCUT2D eigenvalue weighted by Gasteiger charge is 2.06. The maximum atomic E-state index is 5.44. The molecular weight excluding hydrogens is 170 g/mol. The normalized spacial score (nSPS) is 9.69. The smallest absolute Gasteiger partial charge is 0.276 e. The van der Waals surface area contributed by atoms with Crippen LogP contribution in [0.25, 0.3) is 0 Å². The number of nitrogens with zero attached hydrogens (tertiary/aromatic N) is 2. The lowest BCUT2D eigenvalue weighted by molar-refractivity contribution is 0.275. The third-order valence-electron chi connectivity index (χ3n) is 1.33. The number of aromatic nitrogens is 2. The lowest BCUT2D eigenvalue weighted by Gasteiger charge is -2.08. The Morgan fingerprint density at radius 2 is 1.92 bits per heavy atom. The first-order valence-electron chi connectivity index (χ1n) is 4.16. The molecule has 13 heavy (non-hydrogen) atoms. The monoisotopic (exact) mass is 183 g/mol. The van der Waals surface area contributed by atoms with Crippen molar-refractivity contribution in [2.24, 2.45) is 0 Å². The molecule has 5 heteroatoms. The topological polar surface area (TPSA) is 70.3 Å². The molecule has 2 N–H and O–H groups in total. The van der Waals surface area contributed by atoms with Crippen LogP contribution in [0.5, 0.6) is 11.6 Å². The highest BCUT2D eigenvalue weighted by molar-refractivity contribution is 5.41. The highest BCUT2D eigenvalue weighted by Crippen LogP contribution is 2.24. The first-order chi connectivity index (χ1) is 6.27. The SMILES string of the molecule is CCOc1cc(N)nnc1OCC. The predicted octanol–water partition coefficient (Wildman–Crippen LogP) is 0.856. The zero-order valence-electron chi connectivity index (χ0n) is 7.78. The lowest BCUT2D eigenvalue weighted by Crippen LogP contribution is -2.03. The van der Waals surface area contributed by atoms with Crippen molar-refractivity contribution < 1.29 is 9.47 Å². The van der Waals surface area contributed by atoms with E-state index in [0.717, 1.165) is 0 Å². The van der Waals surface area contributed by atoms with E-state index >= 15 is 0 Å². The van der Waals surface area contributed by atoms with Gasteiger partial charge in [-0.05, 0) is 13.8 Å². The number of nitrogens with two attached hydrogens (primary N) is 1. The van der Waals surface area contributed by atoms with Crippen LogP contribution in [-0.4, -0.2) is 23.4 Å². The molecule has 0 saturated heterocycles. The Bertz CT molecular complexity index is 278. The van der Waals surface area contributed by atoms with Crippen molar-refractivity contribution in [3.63, 3.8) is 0 Å². The summed E-state index contributed by atoms with van der Waals surface area (Å²) in [6.45, 7) is 4.82. The molecule has 0 saturated carbocycles. The minimum Gasteiger partial charge on any atom is -0.488 e. The standard InChI is InChI=1S/C8H13N3O2/c1-3-12-6-5-7(9)10-11-8(6)13-4-2/h5H,3-4H2,1-2H3,(H2,9,10). The van der Waals surface area contributed by atoms with E-state index < -0.39 is 0 Å². The van der Waals surface area contributed by atoms with Crippen LogP contribution in [0, 0.1) is 0 Å². The summed E-state index contributed by atoms with van der Waals surface area (Å²) in [5.74, 6) is 1.25. The van der Waals surface area contributed by atoms with Crippen LogP contribution in [-0.2, 0) is 0 Å². The predicted molar refractivity (Wildman–Crippen MR) is 48.8 cm³/mol. The second kappa shape index (κ2) is 4.49. The number of hydrogen-bond acceptors (Lipinski definition) is 5. The van der Waals surface area contributed by atoms with Crippen LogP contribution >= 0.6 is 0 Å². The zero-order chi connectivity index (χ0) is 9.68. The number of hydrogen-bond donors (Lipinski definition) is 1. The molecule has 0 aliphatic carbocycles. The quantitative estimate of drug-likeness (QED) is 0.749. The minimum absolute atomic E-state index is 0.326. The molecule has 1 heterocycles. The van der Waals surface area contributed by atoms with Crippen LogP contribution in [0.2, 0.25) is 0 Å². The molecular formula is C8H13N3O2. The summed E-state index contributed by atoms with van der Waals surface area (Å²) in [4.78, 5) is 0. The largest absolute Gasteiger partial charge is 0.488 e. The molecule has 1 rings (SSSR count). The number of anilines is 1. The van der Waals surface area contributed by atoms with E-state index in [-0.39, 0.29) is 0 Å². The van der Waals surface area contributed by atoms with Crippen molar-refractivity contribution in [3.05, 3.63) is 6.07 Å². The Hall–Kier alpha value is -1.52. The molecule has 0 aliphatic rings. The molecule has 0 spiro atoms. The maximum absolute atomic E-state index is 5.44. The maximum Gasteiger partial charge on any atom is 0.276 e. The lowest BCUT2D eigenvalue weighted by atomic mass is 10.5. The fourth-order valence-electron chi connectivity index (χ4n) is 0.873. The zero-order valence-corrected chi connectivity index (χ0v) is 7.78. The summed E-state index contributed by atoms with van der Waals surface area (Å²) >= 11 is 0. The van der Waals surface area contributed by atoms with Crippen molar-refractivity contribution in [3.8, 4) is 11.6 Å². The Balaban J connectivity index is 2.89. The first-order valence-corrected chi connectivity index (χ1v) is 4.16. The van der Waals surface area contributed by atoms with Gasteiger partial charge >= 0.3 is 0 Å². The van der Waals surface area contributed by atoms with Gasteiger partial charge in [-0.15, -0.1) is 10.2 Å². The van der Waals surface area contributed by atoms with Gasteiger partial charge in [-0.1, -0.05) is 0 Å². The van der Waals surface area contributed by atoms with E-state index in [4.69, 9.17) is 15.2 Å². The van der Waals surface area contributed by atoms with Crippen LogP contribution in [0.15, 0.2) is 6.07 Å². The summed E-state index contributed by atoms with van der Waals surface area (Å²) in [7, 11) is 0. The van der Waals surface area contributed by atoms with Gasteiger partial charge in [0, 0.05) is 6.07 Å². The van der Waals surface area contributed by atoms with E-state index in [0.29, 0.717) is 30.7 Å². The summed E-state index contributed by atoms with van der Waals surface area (Å²) in [5.41, 5.74) is 5.44. The van der Waals surface area contributed by atoms with Gasteiger partial charge in [0.15, 0.2) is 5.75 Å². The van der Waals surface area contributed by atoms with E-state index in [2.05, 4.69) is 10.2 Å². The molecule has 0 aromatic carbocycles. The Labute approximate surface area is 76.9 Å². The summed E-state index contributed by atoms with van der Waals surface area (Å²) in [6, 6.07) is 1.60. The van der Waals surface area contributed by atoms with Crippen LogP contribution in [0.1, 0.15) is 13.8 Å². The average molecular weight is 183 g/mol. The molecule has 1 aromatic heterocycles. The molecule has 0 aliphatic heterocycles. The molecule has 0 atom stereocenters. The van der Waals surface area contributed by atoms with Gasteiger partial charge in [-0.25, -0.2) is 0 Å². The number of ether oxygens (including phenoxy) is 2. The van der Waals surface area contributed by atoms with Gasteiger partial charge in [0.25, 0.3) is 5.88 Å². The van der Waals surface area contributed by atoms with Gasteiger partial charge in [0.1, 0.15) is 5.82 Å². The van der Waals surface area contributed by atoms with Gasteiger partial charge < -0.3 is 15.2 Å².